The third-order valence-electron chi connectivity index (χ3n) is 9.66. The number of ether oxygens (including phenoxy) is 4. The summed E-state index contributed by atoms with van der Waals surface area (Å²) in [5, 5.41) is 20.5. The standard InChI is InChI=1S/C39H78O6/c1-4-6-8-10-12-14-16-18-20-22-24-26-28-30-32-43-38-37(42-3)36(41)35(34-40)45-39(38)44-33-31-29-27-25-23-21-19-17-15-13-11-9-7-5-2/h35-41H,4-34H2,1-3H3/t35-,36-,37+,38-,39?/m1/s1. The Labute approximate surface area is 280 Å². The lowest BCUT2D eigenvalue weighted by molar-refractivity contribution is -0.313. The van der Waals surface area contributed by atoms with Crippen LogP contribution in [0.2, 0.25) is 0 Å². The van der Waals surface area contributed by atoms with E-state index in [1.165, 1.54) is 154 Å². The fourth-order valence-electron chi connectivity index (χ4n) is 6.64. The third-order valence-corrected chi connectivity index (χ3v) is 9.66. The van der Waals surface area contributed by atoms with E-state index < -0.39 is 30.7 Å². The molecule has 0 bridgehead atoms. The number of hydrogen-bond acceptors (Lipinski definition) is 6. The Morgan fingerprint density at radius 1 is 0.467 bits per heavy atom. The second kappa shape index (κ2) is 32.3. The van der Waals surface area contributed by atoms with Crippen LogP contribution in [-0.2, 0) is 18.9 Å². The van der Waals surface area contributed by atoms with Gasteiger partial charge in [-0.15, -0.1) is 0 Å². The van der Waals surface area contributed by atoms with E-state index in [2.05, 4.69) is 13.8 Å². The molecule has 0 amide bonds. The molecule has 0 aromatic carbocycles. The molecule has 1 fully saturated rings. The highest BCUT2D eigenvalue weighted by molar-refractivity contribution is 4.91. The molecule has 0 saturated carbocycles. The highest BCUT2D eigenvalue weighted by Crippen LogP contribution is 2.27. The molecular weight excluding hydrogens is 564 g/mol. The van der Waals surface area contributed by atoms with Gasteiger partial charge in [0.15, 0.2) is 6.29 Å². The SMILES string of the molecule is CCCCCCCCCCCCCCCCOC1O[C@H](CO)[C@@H](O)[C@H](OC)[C@H]1OCCCCCCCCCCCCCCCC. The summed E-state index contributed by atoms with van der Waals surface area (Å²) >= 11 is 0. The second-order valence-electron chi connectivity index (χ2n) is 13.8. The van der Waals surface area contributed by atoms with Gasteiger partial charge in [-0.05, 0) is 12.8 Å². The highest BCUT2D eigenvalue weighted by Gasteiger charge is 2.46. The summed E-state index contributed by atoms with van der Waals surface area (Å²) in [5.74, 6) is 0. The Bertz CT molecular complexity index is 590. The van der Waals surface area contributed by atoms with E-state index in [1.54, 1.807) is 7.11 Å². The molecule has 1 aliphatic rings. The monoisotopic (exact) mass is 643 g/mol. The van der Waals surface area contributed by atoms with Crippen molar-refractivity contribution in [2.24, 2.45) is 0 Å². The lowest BCUT2D eigenvalue weighted by atomic mass is 9.98. The summed E-state index contributed by atoms with van der Waals surface area (Å²) in [6, 6.07) is 0. The van der Waals surface area contributed by atoms with Crippen LogP contribution < -0.4 is 0 Å². The van der Waals surface area contributed by atoms with E-state index in [0.717, 1.165) is 25.7 Å². The van der Waals surface area contributed by atoms with Crippen molar-refractivity contribution in [3.8, 4) is 0 Å². The zero-order valence-electron chi connectivity index (χ0n) is 30.3. The zero-order chi connectivity index (χ0) is 32.6. The Balaban J connectivity index is 2.15. The van der Waals surface area contributed by atoms with Crippen molar-refractivity contribution < 1.29 is 29.2 Å². The number of rotatable bonds is 34. The third kappa shape index (κ3) is 22.9. The maximum atomic E-state index is 10.7. The summed E-state index contributed by atoms with van der Waals surface area (Å²) in [4.78, 5) is 0. The zero-order valence-corrected chi connectivity index (χ0v) is 30.3. The Kier molecular flexibility index (Phi) is 30.7. The molecule has 0 aromatic heterocycles. The van der Waals surface area contributed by atoms with Gasteiger partial charge in [-0.2, -0.15) is 0 Å². The van der Waals surface area contributed by atoms with E-state index in [1.807, 2.05) is 0 Å². The van der Waals surface area contributed by atoms with Crippen molar-refractivity contribution in [2.75, 3.05) is 26.9 Å². The Morgan fingerprint density at radius 2 is 0.800 bits per heavy atom. The Hall–Kier alpha value is -0.240. The minimum Gasteiger partial charge on any atom is -0.394 e. The number of aliphatic hydroxyl groups excluding tert-OH is 2. The van der Waals surface area contributed by atoms with Crippen LogP contribution in [0.15, 0.2) is 0 Å². The van der Waals surface area contributed by atoms with Crippen LogP contribution in [0, 0.1) is 0 Å². The first-order valence-electron chi connectivity index (χ1n) is 19.9. The van der Waals surface area contributed by atoms with Gasteiger partial charge in [0.2, 0.25) is 0 Å². The molecule has 270 valence electrons. The first-order chi connectivity index (χ1) is 22.2. The van der Waals surface area contributed by atoms with Crippen molar-refractivity contribution in [3.05, 3.63) is 0 Å². The molecule has 1 unspecified atom stereocenters. The van der Waals surface area contributed by atoms with Gasteiger partial charge < -0.3 is 29.2 Å². The summed E-state index contributed by atoms with van der Waals surface area (Å²) in [5.41, 5.74) is 0. The minimum atomic E-state index is -0.942. The second-order valence-corrected chi connectivity index (χ2v) is 13.8. The molecule has 0 aliphatic carbocycles. The molecule has 6 heteroatoms. The van der Waals surface area contributed by atoms with E-state index >= 15 is 0 Å². The Morgan fingerprint density at radius 3 is 1.13 bits per heavy atom. The van der Waals surface area contributed by atoms with E-state index in [0.29, 0.717) is 13.2 Å². The molecular formula is C39H78O6. The first-order valence-corrected chi connectivity index (χ1v) is 19.9. The first kappa shape index (κ1) is 42.8. The molecule has 0 spiro atoms. The van der Waals surface area contributed by atoms with Gasteiger partial charge in [-0.1, -0.05) is 181 Å². The predicted octanol–water partition coefficient (Wildman–Crippen LogP) is 10.4. The van der Waals surface area contributed by atoms with Crippen LogP contribution in [0.4, 0.5) is 0 Å². The van der Waals surface area contributed by atoms with Crippen LogP contribution in [-0.4, -0.2) is 67.8 Å². The molecule has 0 radical (unpaired) electrons. The summed E-state index contributed by atoms with van der Waals surface area (Å²) in [7, 11) is 1.58. The number of methoxy groups -OCH3 is 1. The van der Waals surface area contributed by atoms with Crippen molar-refractivity contribution in [1.82, 2.24) is 0 Å². The van der Waals surface area contributed by atoms with Gasteiger partial charge in [-0.25, -0.2) is 0 Å². The minimum absolute atomic E-state index is 0.272. The average Bonchev–Trinajstić information content (AvgIpc) is 3.05. The smallest absolute Gasteiger partial charge is 0.186 e. The van der Waals surface area contributed by atoms with Crippen LogP contribution in [0.1, 0.15) is 194 Å². The van der Waals surface area contributed by atoms with Crippen molar-refractivity contribution in [1.29, 1.82) is 0 Å². The summed E-state index contributed by atoms with van der Waals surface area (Å²) in [6.45, 7) is 5.47. The molecule has 1 heterocycles. The number of hydrogen-bond donors (Lipinski definition) is 2. The topological polar surface area (TPSA) is 77.4 Å². The van der Waals surface area contributed by atoms with Gasteiger partial charge in [0.25, 0.3) is 0 Å². The largest absolute Gasteiger partial charge is 0.394 e. The van der Waals surface area contributed by atoms with Gasteiger partial charge in [0.1, 0.15) is 24.4 Å². The van der Waals surface area contributed by atoms with Crippen LogP contribution >= 0.6 is 0 Å². The van der Waals surface area contributed by atoms with E-state index in [4.69, 9.17) is 18.9 Å². The fourth-order valence-corrected chi connectivity index (χ4v) is 6.64. The maximum Gasteiger partial charge on any atom is 0.186 e. The number of unbranched alkanes of at least 4 members (excludes halogenated alkanes) is 26. The van der Waals surface area contributed by atoms with Gasteiger partial charge >= 0.3 is 0 Å². The fraction of sp³-hybridized carbons (Fsp3) is 1.00. The van der Waals surface area contributed by atoms with Crippen molar-refractivity contribution >= 4 is 0 Å². The van der Waals surface area contributed by atoms with E-state index in [9.17, 15) is 10.2 Å². The van der Waals surface area contributed by atoms with Gasteiger partial charge in [0.05, 0.1) is 6.61 Å². The highest BCUT2D eigenvalue weighted by atomic mass is 16.7. The summed E-state index contributed by atoms with van der Waals surface area (Å²) < 4.78 is 24.0. The molecule has 5 atom stereocenters. The quantitative estimate of drug-likeness (QED) is 0.0680. The van der Waals surface area contributed by atoms with Crippen molar-refractivity contribution in [3.63, 3.8) is 0 Å². The lowest BCUT2D eigenvalue weighted by Gasteiger charge is -2.43. The van der Waals surface area contributed by atoms with Gasteiger partial charge in [0, 0.05) is 20.3 Å². The molecule has 1 rings (SSSR count). The summed E-state index contributed by atoms with van der Waals surface area (Å²) in [6.07, 6.45) is 33.7. The molecule has 1 saturated heterocycles. The average molecular weight is 643 g/mol. The van der Waals surface area contributed by atoms with Crippen LogP contribution in [0.3, 0.4) is 0 Å². The molecule has 1 aliphatic heterocycles. The van der Waals surface area contributed by atoms with Crippen molar-refractivity contribution in [2.45, 2.75) is 224 Å². The molecule has 45 heavy (non-hydrogen) atoms. The number of aliphatic hydroxyl groups is 2. The molecule has 2 N–H and O–H groups in total. The van der Waals surface area contributed by atoms with Gasteiger partial charge in [-0.3, -0.25) is 0 Å². The lowest BCUT2D eigenvalue weighted by Crippen LogP contribution is -2.60. The molecule has 6 nitrogen and oxygen atoms in total. The molecule has 0 aromatic rings. The van der Waals surface area contributed by atoms with E-state index in [-0.39, 0.29) is 6.61 Å². The predicted molar refractivity (Wildman–Crippen MR) is 189 cm³/mol. The van der Waals surface area contributed by atoms with Crippen LogP contribution in [0.5, 0.6) is 0 Å². The van der Waals surface area contributed by atoms with Crippen LogP contribution in [0.25, 0.3) is 0 Å². The normalized spacial score (nSPS) is 21.9. The maximum absolute atomic E-state index is 10.7.